The molecule has 0 heterocycles. The summed E-state index contributed by atoms with van der Waals surface area (Å²) >= 11 is 0. The van der Waals surface area contributed by atoms with E-state index in [2.05, 4.69) is 15.4 Å². The zero-order valence-electron chi connectivity index (χ0n) is 15.5. The third-order valence-corrected chi connectivity index (χ3v) is 3.86. The first-order chi connectivity index (χ1) is 12.5. The van der Waals surface area contributed by atoms with E-state index in [0.717, 1.165) is 13.2 Å². The Balaban J connectivity index is 3.10. The highest BCUT2D eigenvalue weighted by atomic mass is 19.4. The van der Waals surface area contributed by atoms with Crippen molar-refractivity contribution < 1.29 is 32.3 Å². The molecule has 0 aliphatic rings. The van der Waals surface area contributed by atoms with E-state index in [1.807, 2.05) is 0 Å². The first-order valence-electron chi connectivity index (χ1n) is 8.27. The average molecular weight is 388 g/mol. The molecule has 150 valence electrons. The Morgan fingerprint density at radius 2 is 1.70 bits per heavy atom. The zero-order valence-corrected chi connectivity index (χ0v) is 15.5. The molecule has 9 heteroatoms. The maximum absolute atomic E-state index is 13.2. The van der Waals surface area contributed by atoms with Gasteiger partial charge in [0.25, 0.3) is 0 Å². The van der Waals surface area contributed by atoms with Crippen molar-refractivity contribution in [2.45, 2.75) is 45.5 Å². The van der Waals surface area contributed by atoms with Crippen molar-refractivity contribution in [1.82, 2.24) is 10.6 Å². The topological polar surface area (TPSA) is 84.5 Å². The van der Waals surface area contributed by atoms with E-state index in [-0.39, 0.29) is 11.5 Å². The van der Waals surface area contributed by atoms with Crippen LogP contribution in [0.3, 0.4) is 0 Å². The second-order valence-electron chi connectivity index (χ2n) is 6.37. The van der Waals surface area contributed by atoms with Crippen molar-refractivity contribution in [2.75, 3.05) is 7.11 Å². The van der Waals surface area contributed by atoms with Crippen LogP contribution in [-0.2, 0) is 31.7 Å². The molecular weight excluding hydrogens is 365 g/mol. The molecule has 0 radical (unpaired) electrons. The van der Waals surface area contributed by atoms with Gasteiger partial charge < -0.3 is 15.4 Å². The Kier molecular flexibility index (Phi) is 7.81. The molecule has 0 fully saturated rings. The normalized spacial score (nSPS) is 13.6. The van der Waals surface area contributed by atoms with Crippen LogP contribution in [0, 0.1) is 5.92 Å². The number of ether oxygens (including phenoxy) is 1. The summed E-state index contributed by atoms with van der Waals surface area (Å²) in [6, 6.07) is 2.52. The minimum absolute atomic E-state index is 0.152. The van der Waals surface area contributed by atoms with E-state index in [4.69, 9.17) is 0 Å². The van der Waals surface area contributed by atoms with Crippen LogP contribution in [0.1, 0.15) is 31.9 Å². The van der Waals surface area contributed by atoms with Crippen LogP contribution in [0.2, 0.25) is 0 Å². The minimum atomic E-state index is -4.60. The fourth-order valence-corrected chi connectivity index (χ4v) is 2.55. The summed E-state index contributed by atoms with van der Waals surface area (Å²) in [5, 5.41) is 4.84. The molecule has 0 aliphatic heterocycles. The van der Waals surface area contributed by atoms with Gasteiger partial charge in [0.2, 0.25) is 11.8 Å². The lowest BCUT2D eigenvalue weighted by Crippen LogP contribution is -2.54. The summed E-state index contributed by atoms with van der Waals surface area (Å²) in [4.78, 5) is 35.8. The van der Waals surface area contributed by atoms with Gasteiger partial charge in [0.05, 0.1) is 12.7 Å². The fraction of sp³-hybridized carbons (Fsp3) is 0.500. The van der Waals surface area contributed by atoms with Crippen molar-refractivity contribution in [1.29, 1.82) is 0 Å². The number of hydrogen-bond donors (Lipinski definition) is 2. The van der Waals surface area contributed by atoms with Crippen molar-refractivity contribution in [2.24, 2.45) is 5.92 Å². The predicted molar refractivity (Wildman–Crippen MR) is 91.5 cm³/mol. The molecule has 1 aromatic carbocycles. The van der Waals surface area contributed by atoms with E-state index >= 15 is 0 Å². The summed E-state index contributed by atoms with van der Waals surface area (Å²) in [6.07, 6.45) is -5.00. The maximum Gasteiger partial charge on any atom is 0.416 e. The smallest absolute Gasteiger partial charge is 0.416 e. The van der Waals surface area contributed by atoms with Crippen molar-refractivity contribution in [3.8, 4) is 0 Å². The quantitative estimate of drug-likeness (QED) is 0.701. The number of esters is 1. The summed E-state index contributed by atoms with van der Waals surface area (Å²) in [6.45, 7) is 4.61. The molecule has 0 aliphatic carbocycles. The lowest BCUT2D eigenvalue weighted by atomic mass is 9.98. The van der Waals surface area contributed by atoms with Gasteiger partial charge in [-0.25, -0.2) is 4.79 Å². The summed E-state index contributed by atoms with van der Waals surface area (Å²) < 4.78 is 44.1. The van der Waals surface area contributed by atoms with Crippen LogP contribution in [-0.4, -0.2) is 37.0 Å². The number of benzene rings is 1. The number of carbonyl (C=O) groups is 3. The third kappa shape index (κ3) is 6.58. The van der Waals surface area contributed by atoms with Crippen LogP contribution in [0.4, 0.5) is 13.2 Å². The maximum atomic E-state index is 13.2. The highest BCUT2D eigenvalue weighted by Crippen LogP contribution is 2.32. The van der Waals surface area contributed by atoms with Crippen LogP contribution < -0.4 is 10.6 Å². The Hall–Kier alpha value is -2.58. The Morgan fingerprint density at radius 1 is 1.11 bits per heavy atom. The van der Waals surface area contributed by atoms with Gasteiger partial charge in [-0.3, -0.25) is 9.59 Å². The molecule has 0 unspecified atom stereocenters. The highest BCUT2D eigenvalue weighted by molar-refractivity contribution is 5.90. The number of halogens is 3. The van der Waals surface area contributed by atoms with E-state index in [9.17, 15) is 27.6 Å². The Morgan fingerprint density at radius 3 is 2.19 bits per heavy atom. The predicted octanol–water partition coefficient (Wildman–Crippen LogP) is 2.07. The number of hydrogen-bond acceptors (Lipinski definition) is 4. The molecule has 0 saturated heterocycles. The number of nitrogens with one attached hydrogen (secondary N) is 2. The van der Waals surface area contributed by atoms with Gasteiger partial charge in [-0.1, -0.05) is 32.0 Å². The molecule has 27 heavy (non-hydrogen) atoms. The molecule has 2 amide bonds. The molecule has 1 rings (SSSR count). The van der Waals surface area contributed by atoms with Gasteiger partial charge >= 0.3 is 12.1 Å². The van der Waals surface area contributed by atoms with Gasteiger partial charge in [-0.2, -0.15) is 13.2 Å². The van der Waals surface area contributed by atoms with E-state index in [1.165, 1.54) is 25.1 Å². The van der Waals surface area contributed by atoms with Crippen LogP contribution in [0.5, 0.6) is 0 Å². The SMILES string of the molecule is COC(=O)[C@H](Cc1ccccc1C(F)(F)F)NC(=O)[C@H](NC(C)=O)C(C)C. The summed E-state index contributed by atoms with van der Waals surface area (Å²) in [5.41, 5.74) is -1.04. The molecule has 0 bridgehead atoms. The van der Waals surface area contributed by atoms with Gasteiger partial charge in [0.1, 0.15) is 12.1 Å². The molecular formula is C18H23F3N2O4. The standard InChI is InChI=1S/C18H23F3N2O4/c1-10(2)15(22-11(3)24)16(25)23-14(17(26)27-4)9-12-7-5-6-8-13(12)18(19,20)21/h5-8,10,14-15H,9H2,1-4H3,(H,22,24)(H,23,25)/t14-,15+/m0/s1. The monoisotopic (exact) mass is 388 g/mol. The van der Waals surface area contributed by atoms with E-state index < -0.39 is 48.0 Å². The second-order valence-corrected chi connectivity index (χ2v) is 6.37. The summed E-state index contributed by atoms with van der Waals surface area (Å²) in [5.74, 6) is -2.30. The Bertz CT molecular complexity index is 689. The average Bonchev–Trinajstić information content (AvgIpc) is 2.57. The number of carbonyl (C=O) groups excluding carboxylic acids is 3. The molecule has 0 spiro atoms. The minimum Gasteiger partial charge on any atom is -0.467 e. The molecule has 0 aromatic heterocycles. The van der Waals surface area contributed by atoms with Crippen molar-refractivity contribution in [3.05, 3.63) is 35.4 Å². The number of methoxy groups -OCH3 is 1. The molecule has 6 nitrogen and oxygen atoms in total. The fourth-order valence-electron chi connectivity index (χ4n) is 2.55. The van der Waals surface area contributed by atoms with Gasteiger partial charge in [0, 0.05) is 13.3 Å². The largest absolute Gasteiger partial charge is 0.467 e. The van der Waals surface area contributed by atoms with Crippen molar-refractivity contribution in [3.63, 3.8) is 0 Å². The molecule has 2 atom stereocenters. The third-order valence-electron chi connectivity index (χ3n) is 3.86. The second kappa shape index (κ2) is 9.38. The van der Waals surface area contributed by atoms with Crippen LogP contribution in [0.25, 0.3) is 0 Å². The highest BCUT2D eigenvalue weighted by Gasteiger charge is 2.35. The molecule has 1 aromatic rings. The van der Waals surface area contributed by atoms with Gasteiger partial charge in [0.15, 0.2) is 0 Å². The van der Waals surface area contributed by atoms with E-state index in [0.29, 0.717) is 0 Å². The zero-order chi connectivity index (χ0) is 20.8. The van der Waals surface area contributed by atoms with E-state index in [1.54, 1.807) is 13.8 Å². The lowest BCUT2D eigenvalue weighted by Gasteiger charge is -2.24. The van der Waals surface area contributed by atoms with Crippen LogP contribution >= 0.6 is 0 Å². The Labute approximate surface area is 155 Å². The number of amides is 2. The first kappa shape index (κ1) is 22.5. The number of alkyl halides is 3. The number of rotatable bonds is 7. The van der Waals surface area contributed by atoms with Gasteiger partial charge in [-0.05, 0) is 17.5 Å². The van der Waals surface area contributed by atoms with Crippen LogP contribution in [0.15, 0.2) is 24.3 Å². The summed E-state index contributed by atoms with van der Waals surface area (Å²) in [7, 11) is 1.07. The lowest BCUT2D eigenvalue weighted by molar-refractivity contribution is -0.146. The molecule has 2 N–H and O–H groups in total. The molecule has 0 saturated carbocycles. The van der Waals surface area contributed by atoms with Gasteiger partial charge in [-0.15, -0.1) is 0 Å². The first-order valence-corrected chi connectivity index (χ1v) is 8.27. The van der Waals surface area contributed by atoms with Crippen molar-refractivity contribution >= 4 is 17.8 Å².